The van der Waals surface area contributed by atoms with E-state index in [2.05, 4.69) is 0 Å². The van der Waals surface area contributed by atoms with Crippen LogP contribution in [0.25, 0.3) is 22.3 Å². The molecule has 6 rings (SSSR count). The van der Waals surface area contributed by atoms with E-state index in [1.54, 1.807) is 0 Å². The summed E-state index contributed by atoms with van der Waals surface area (Å²) >= 11 is 0. The monoisotopic (exact) mass is 770 g/mol. The van der Waals surface area contributed by atoms with Crippen LogP contribution in [0.3, 0.4) is 0 Å². The minimum Gasteiger partial charge on any atom is -0.508 e. The van der Waals surface area contributed by atoms with Crippen LogP contribution in [0.2, 0.25) is 0 Å². The summed E-state index contributed by atoms with van der Waals surface area (Å²) in [7, 11) is 1.26. The second-order valence-corrected chi connectivity index (χ2v) is 13.3. The lowest BCUT2D eigenvalue weighted by Gasteiger charge is -2.46. The SMILES string of the molecule is COc1cc(-c2oc3cc(O)cc(O)c3c(=O)c2OC2O[C@H](CO[C@H]3O[C@@H](C)[C@@H](O)[C@@H](O)[C@H]3O)[C@H](O)[C@H](O)[C@H]2O[C@@H]2O[C@@H](C)[C@@H](O)[C@@H](O)[C@H]2O)ccc1O. The first kappa shape index (κ1) is 39.8. The molecule has 4 heterocycles. The Morgan fingerprint density at radius 2 is 1.31 bits per heavy atom. The van der Waals surface area contributed by atoms with Crippen molar-refractivity contribution in [3.05, 3.63) is 40.6 Å². The lowest BCUT2D eigenvalue weighted by molar-refractivity contribution is -0.360. The number of phenols is 3. The lowest BCUT2D eigenvalue weighted by Crippen LogP contribution is -2.65. The van der Waals surface area contributed by atoms with Crippen molar-refractivity contribution in [2.75, 3.05) is 13.7 Å². The molecule has 11 N–H and O–H groups in total. The molecule has 54 heavy (non-hydrogen) atoms. The second-order valence-electron chi connectivity index (χ2n) is 13.3. The van der Waals surface area contributed by atoms with Crippen LogP contribution in [-0.2, 0) is 23.7 Å². The van der Waals surface area contributed by atoms with Crippen molar-refractivity contribution in [3.63, 3.8) is 0 Å². The zero-order valence-corrected chi connectivity index (χ0v) is 28.8. The zero-order chi connectivity index (χ0) is 39.3. The number of aromatic hydroxyl groups is 3. The van der Waals surface area contributed by atoms with Gasteiger partial charge in [-0.2, -0.15) is 0 Å². The van der Waals surface area contributed by atoms with E-state index < -0.39 is 127 Å². The molecule has 0 radical (unpaired) electrons. The second kappa shape index (κ2) is 15.7. The molecule has 0 amide bonds. The van der Waals surface area contributed by atoms with Crippen molar-refractivity contribution in [3.8, 4) is 40.1 Å². The number of benzene rings is 2. The molecule has 298 valence electrons. The van der Waals surface area contributed by atoms with E-state index in [1.807, 2.05) is 0 Å². The molecule has 0 bridgehead atoms. The summed E-state index contributed by atoms with van der Waals surface area (Å²) in [6.45, 7) is 2.09. The third kappa shape index (κ3) is 7.41. The maximum Gasteiger partial charge on any atom is 0.239 e. The maximum absolute atomic E-state index is 14.2. The number of hydrogen-bond donors (Lipinski definition) is 11. The van der Waals surface area contributed by atoms with Gasteiger partial charge in [0.15, 0.2) is 35.9 Å². The van der Waals surface area contributed by atoms with Gasteiger partial charge >= 0.3 is 0 Å². The Labute approximate surface area is 305 Å². The zero-order valence-electron chi connectivity index (χ0n) is 28.8. The smallest absolute Gasteiger partial charge is 0.239 e. The van der Waals surface area contributed by atoms with Crippen molar-refractivity contribution < 1.29 is 93.7 Å². The lowest BCUT2D eigenvalue weighted by atomic mass is 9.97. The number of aliphatic hydroxyl groups is 8. The molecular formula is C34H42O20. The number of ether oxygens (including phenoxy) is 7. The van der Waals surface area contributed by atoms with Gasteiger partial charge < -0.3 is 93.7 Å². The molecule has 3 aliphatic rings. The summed E-state index contributed by atoms with van der Waals surface area (Å²) in [5, 5.41) is 115. The fraction of sp³-hybridized carbons (Fsp3) is 0.559. The van der Waals surface area contributed by atoms with Gasteiger partial charge in [0, 0.05) is 17.7 Å². The third-order valence-corrected chi connectivity index (χ3v) is 9.57. The first-order valence-electron chi connectivity index (χ1n) is 16.8. The Kier molecular flexibility index (Phi) is 11.6. The number of aliphatic hydroxyl groups excluding tert-OH is 8. The van der Waals surface area contributed by atoms with Gasteiger partial charge in [-0.25, -0.2) is 0 Å². The van der Waals surface area contributed by atoms with Crippen LogP contribution in [-0.4, -0.2) is 162 Å². The van der Waals surface area contributed by atoms with Crippen LogP contribution in [0.1, 0.15) is 13.8 Å². The Morgan fingerprint density at radius 1 is 0.685 bits per heavy atom. The molecule has 20 heteroatoms. The van der Waals surface area contributed by atoms with Crippen LogP contribution in [0.15, 0.2) is 39.5 Å². The number of fused-ring (bicyclic) bond motifs is 1. The highest BCUT2D eigenvalue weighted by Gasteiger charge is 2.52. The van der Waals surface area contributed by atoms with Crippen LogP contribution in [0, 0.1) is 0 Å². The minimum atomic E-state index is -2.02. The van der Waals surface area contributed by atoms with Crippen molar-refractivity contribution in [1.29, 1.82) is 0 Å². The van der Waals surface area contributed by atoms with E-state index >= 15 is 0 Å². The fourth-order valence-electron chi connectivity index (χ4n) is 6.40. The van der Waals surface area contributed by atoms with E-state index in [-0.39, 0.29) is 28.4 Å². The Balaban J connectivity index is 1.41. The van der Waals surface area contributed by atoms with E-state index in [0.29, 0.717) is 0 Å². The number of methoxy groups -OCH3 is 1. The van der Waals surface area contributed by atoms with Gasteiger partial charge in [0.05, 0.1) is 25.9 Å². The quantitative estimate of drug-likeness (QED) is 0.107. The van der Waals surface area contributed by atoms with Crippen LogP contribution in [0.4, 0.5) is 0 Å². The molecule has 3 aromatic rings. The van der Waals surface area contributed by atoms with E-state index in [0.717, 1.165) is 12.1 Å². The van der Waals surface area contributed by atoms with Crippen molar-refractivity contribution in [2.24, 2.45) is 0 Å². The Morgan fingerprint density at radius 3 is 1.96 bits per heavy atom. The van der Waals surface area contributed by atoms with Crippen molar-refractivity contribution in [2.45, 2.75) is 106 Å². The normalized spacial score (nSPS) is 37.3. The van der Waals surface area contributed by atoms with Crippen molar-refractivity contribution in [1.82, 2.24) is 0 Å². The molecule has 3 saturated heterocycles. The van der Waals surface area contributed by atoms with E-state index in [1.165, 1.54) is 39.2 Å². The van der Waals surface area contributed by atoms with Crippen LogP contribution >= 0.6 is 0 Å². The van der Waals surface area contributed by atoms with Gasteiger partial charge in [-0.3, -0.25) is 4.79 Å². The summed E-state index contributed by atoms with van der Waals surface area (Å²) in [6, 6.07) is 5.69. The largest absolute Gasteiger partial charge is 0.508 e. The van der Waals surface area contributed by atoms with Crippen molar-refractivity contribution >= 4 is 11.0 Å². The van der Waals surface area contributed by atoms with Gasteiger partial charge in [-0.1, -0.05) is 0 Å². The summed E-state index contributed by atoms with van der Waals surface area (Å²) in [5.41, 5.74) is -1.31. The number of rotatable bonds is 9. The molecule has 2 aromatic carbocycles. The third-order valence-electron chi connectivity index (χ3n) is 9.57. The number of phenolic OH excluding ortho intramolecular Hbond substituents is 3. The van der Waals surface area contributed by atoms with Gasteiger partial charge in [0.2, 0.25) is 17.5 Å². The molecule has 1 unspecified atom stereocenters. The van der Waals surface area contributed by atoms with Gasteiger partial charge in [0.1, 0.15) is 77.4 Å². The van der Waals surface area contributed by atoms with E-state index in [9.17, 15) is 61.0 Å². The summed E-state index contributed by atoms with van der Waals surface area (Å²) < 4.78 is 45.6. The maximum atomic E-state index is 14.2. The average molecular weight is 771 g/mol. The molecule has 0 spiro atoms. The molecule has 15 atom stereocenters. The molecule has 1 aromatic heterocycles. The van der Waals surface area contributed by atoms with E-state index in [4.69, 9.17) is 37.6 Å². The van der Waals surface area contributed by atoms with Gasteiger partial charge in [-0.05, 0) is 32.0 Å². The highest BCUT2D eigenvalue weighted by molar-refractivity contribution is 5.88. The first-order valence-corrected chi connectivity index (χ1v) is 16.8. The highest BCUT2D eigenvalue weighted by atomic mass is 16.8. The Bertz CT molecular complexity index is 1850. The van der Waals surface area contributed by atoms with Gasteiger partial charge in [0.25, 0.3) is 0 Å². The fourth-order valence-corrected chi connectivity index (χ4v) is 6.40. The predicted octanol–water partition coefficient (Wildman–Crippen LogP) is -2.53. The Hall–Kier alpha value is -3.87. The topological polar surface area (TPSA) is 317 Å². The molecule has 20 nitrogen and oxygen atoms in total. The van der Waals surface area contributed by atoms with Crippen LogP contribution < -0.4 is 14.9 Å². The minimum absolute atomic E-state index is 0.0468. The summed E-state index contributed by atoms with van der Waals surface area (Å²) in [4.78, 5) is 14.2. The molecular weight excluding hydrogens is 728 g/mol. The molecule has 3 fully saturated rings. The summed E-state index contributed by atoms with van der Waals surface area (Å²) in [5.74, 6) is -2.63. The van der Waals surface area contributed by atoms with Gasteiger partial charge in [-0.15, -0.1) is 0 Å². The molecule has 0 saturated carbocycles. The standard InChI is InChI=1S/C34H42O20/c1-10-20(38)24(42)27(45)32(49-10)48-9-18-22(40)26(44)31(54-33-28(46)25(43)21(39)11(2)50-33)34(52-18)53-30-23(41)19-15(37)7-13(35)8-17(19)51-29(30)12-4-5-14(36)16(6-12)47-3/h4-8,10-11,18,20-22,24-28,31-40,42-46H,9H2,1-3H3/t10-,11-,18+,20+,21+,22-,24+,25+,26-,27+,28+,31+,32-,33-,34?/m0/s1. The summed E-state index contributed by atoms with van der Waals surface area (Å²) in [6.07, 6.45) is -24.9. The molecule has 3 aliphatic heterocycles. The average Bonchev–Trinajstić information content (AvgIpc) is 3.13. The highest BCUT2D eigenvalue weighted by Crippen LogP contribution is 2.40. The number of hydrogen-bond acceptors (Lipinski definition) is 20. The first-order chi connectivity index (χ1) is 25.5. The molecule has 0 aliphatic carbocycles. The van der Waals surface area contributed by atoms with Crippen LogP contribution in [0.5, 0.6) is 28.7 Å². The predicted molar refractivity (Wildman–Crippen MR) is 176 cm³/mol.